The van der Waals surface area contributed by atoms with Crippen molar-refractivity contribution in [2.45, 2.75) is 0 Å². The van der Waals surface area contributed by atoms with Crippen LogP contribution in [0.15, 0.2) is 40.9 Å². The van der Waals surface area contributed by atoms with E-state index in [-0.39, 0.29) is 17.1 Å². The molecule has 0 atom stereocenters. The van der Waals surface area contributed by atoms with Crippen LogP contribution in [0.3, 0.4) is 0 Å². The third-order valence-corrected chi connectivity index (χ3v) is 3.47. The minimum atomic E-state index is -0.612. The van der Waals surface area contributed by atoms with Gasteiger partial charge in [0.15, 0.2) is 0 Å². The lowest BCUT2D eigenvalue weighted by Gasteiger charge is -2.09. The third-order valence-electron chi connectivity index (χ3n) is 2.85. The maximum atomic E-state index is 12.1. The zero-order valence-corrected chi connectivity index (χ0v) is 13.0. The van der Waals surface area contributed by atoms with Crippen molar-refractivity contribution in [1.29, 1.82) is 0 Å². The molecule has 1 amide bonds. The van der Waals surface area contributed by atoms with Crippen LogP contribution in [0.2, 0.25) is 0 Å². The molecule has 0 aliphatic rings. The molecule has 0 bridgehead atoms. The molecular formula is C14H11BrN2O5. The smallest absolute Gasteiger partial charge is 0.271 e. The summed E-state index contributed by atoms with van der Waals surface area (Å²) >= 11 is 3.26. The second-order valence-electron chi connectivity index (χ2n) is 4.26. The van der Waals surface area contributed by atoms with Gasteiger partial charge in [-0.2, -0.15) is 0 Å². The van der Waals surface area contributed by atoms with Gasteiger partial charge in [0.2, 0.25) is 0 Å². The Hall–Kier alpha value is -2.61. The summed E-state index contributed by atoms with van der Waals surface area (Å²) < 4.78 is 5.65. The van der Waals surface area contributed by atoms with Gasteiger partial charge in [-0.05, 0) is 40.2 Å². The van der Waals surface area contributed by atoms with Gasteiger partial charge in [0.05, 0.1) is 22.2 Å². The Bertz CT molecular complexity index is 748. The highest BCUT2D eigenvalue weighted by molar-refractivity contribution is 9.10. The molecule has 2 aromatic carbocycles. The highest BCUT2D eigenvalue weighted by Crippen LogP contribution is 2.29. The van der Waals surface area contributed by atoms with Crippen molar-refractivity contribution in [2.75, 3.05) is 12.4 Å². The fraction of sp³-hybridized carbons (Fsp3) is 0.0714. The largest absolute Gasteiger partial charge is 0.506 e. The number of hydrogen-bond donors (Lipinski definition) is 2. The molecule has 22 heavy (non-hydrogen) atoms. The number of ether oxygens (including phenoxy) is 1. The fourth-order valence-electron chi connectivity index (χ4n) is 1.74. The summed E-state index contributed by atoms with van der Waals surface area (Å²) in [6.07, 6.45) is 0. The first-order valence-electron chi connectivity index (χ1n) is 6.04. The van der Waals surface area contributed by atoms with Gasteiger partial charge in [-0.25, -0.2) is 0 Å². The number of nitrogens with zero attached hydrogens (tertiary/aromatic N) is 1. The first-order chi connectivity index (χ1) is 10.4. The van der Waals surface area contributed by atoms with E-state index in [1.165, 1.54) is 13.2 Å². The molecule has 0 aliphatic carbocycles. The Kier molecular flexibility index (Phi) is 4.62. The lowest BCUT2D eigenvalue weighted by Crippen LogP contribution is -2.12. The zero-order valence-electron chi connectivity index (χ0n) is 11.4. The maximum absolute atomic E-state index is 12.1. The number of carbonyl (C=O) groups excluding carboxylic acids is 1. The summed E-state index contributed by atoms with van der Waals surface area (Å²) in [5, 5.41) is 22.8. The molecule has 0 aromatic heterocycles. The Morgan fingerprint density at radius 3 is 2.64 bits per heavy atom. The average molecular weight is 367 g/mol. The molecule has 0 heterocycles. The second-order valence-corrected chi connectivity index (χ2v) is 5.12. The number of phenolic OH excluding ortho intramolecular Hbond substituents is 1. The molecule has 0 radical (unpaired) electrons. The zero-order chi connectivity index (χ0) is 16.3. The number of amides is 1. The van der Waals surface area contributed by atoms with E-state index < -0.39 is 10.8 Å². The molecular weight excluding hydrogens is 356 g/mol. The molecule has 2 rings (SSSR count). The number of methoxy groups -OCH3 is 1. The molecule has 0 spiro atoms. The molecule has 0 saturated heterocycles. The lowest BCUT2D eigenvalue weighted by molar-refractivity contribution is -0.384. The molecule has 7 nitrogen and oxygen atoms in total. The minimum absolute atomic E-state index is 0.0360. The number of nitro groups is 1. The van der Waals surface area contributed by atoms with Crippen LogP contribution in [0.5, 0.6) is 11.5 Å². The van der Waals surface area contributed by atoms with Crippen molar-refractivity contribution < 1.29 is 19.6 Å². The predicted octanol–water partition coefficient (Wildman–Crippen LogP) is 3.32. The number of benzene rings is 2. The number of halogens is 1. The van der Waals surface area contributed by atoms with Crippen LogP contribution in [0.25, 0.3) is 0 Å². The minimum Gasteiger partial charge on any atom is -0.506 e. The van der Waals surface area contributed by atoms with Crippen molar-refractivity contribution in [1.82, 2.24) is 0 Å². The van der Waals surface area contributed by atoms with Crippen molar-refractivity contribution in [2.24, 2.45) is 0 Å². The number of carbonyl (C=O) groups is 1. The number of phenols is 1. The van der Waals surface area contributed by atoms with Crippen molar-refractivity contribution in [3.8, 4) is 11.5 Å². The van der Waals surface area contributed by atoms with Gasteiger partial charge < -0.3 is 15.2 Å². The first-order valence-corrected chi connectivity index (χ1v) is 6.84. The highest BCUT2D eigenvalue weighted by atomic mass is 79.9. The average Bonchev–Trinajstić information content (AvgIpc) is 2.49. The van der Waals surface area contributed by atoms with E-state index in [1.807, 2.05) is 0 Å². The van der Waals surface area contributed by atoms with Crippen molar-refractivity contribution in [3.63, 3.8) is 0 Å². The van der Waals surface area contributed by atoms with Crippen LogP contribution in [-0.4, -0.2) is 23.0 Å². The van der Waals surface area contributed by atoms with E-state index in [0.29, 0.717) is 15.8 Å². The Morgan fingerprint density at radius 2 is 2.05 bits per heavy atom. The normalized spacial score (nSPS) is 10.1. The Balaban J connectivity index is 2.27. The summed E-state index contributed by atoms with van der Waals surface area (Å²) in [6, 6.07) is 8.07. The number of rotatable bonds is 4. The number of aromatic hydroxyl groups is 1. The van der Waals surface area contributed by atoms with E-state index in [1.54, 1.807) is 12.1 Å². The highest BCUT2D eigenvalue weighted by Gasteiger charge is 2.14. The Morgan fingerprint density at radius 1 is 1.32 bits per heavy atom. The molecule has 114 valence electrons. The number of non-ortho nitro benzene ring substituents is 1. The van der Waals surface area contributed by atoms with Crippen LogP contribution < -0.4 is 10.1 Å². The van der Waals surface area contributed by atoms with Gasteiger partial charge in [-0.1, -0.05) is 0 Å². The van der Waals surface area contributed by atoms with Crippen LogP contribution in [0.4, 0.5) is 11.4 Å². The summed E-state index contributed by atoms with van der Waals surface area (Å²) in [5.41, 5.74) is 0.0359. The SMILES string of the molecule is COc1ccc(C(=O)Nc2cc([N+](=O)[O-])ccc2O)cc1Br. The first kappa shape index (κ1) is 15.8. The molecule has 0 saturated carbocycles. The van der Waals surface area contributed by atoms with Crippen LogP contribution in [0, 0.1) is 10.1 Å². The topological polar surface area (TPSA) is 102 Å². The molecule has 0 fully saturated rings. The third kappa shape index (κ3) is 3.34. The number of anilines is 1. The standard InChI is InChI=1S/C14H11BrN2O5/c1-22-13-5-2-8(6-10(13)15)14(19)16-11-7-9(17(20)21)3-4-12(11)18/h2-7,18H,1H3,(H,16,19). The Labute approximate surface area is 133 Å². The molecule has 0 aliphatic heterocycles. The van der Waals surface area contributed by atoms with Gasteiger partial charge >= 0.3 is 0 Å². The molecule has 2 N–H and O–H groups in total. The number of nitro benzene ring substituents is 1. The summed E-state index contributed by atoms with van der Waals surface area (Å²) in [6.45, 7) is 0. The second kappa shape index (κ2) is 6.44. The van der Waals surface area contributed by atoms with E-state index in [4.69, 9.17) is 4.74 Å². The van der Waals surface area contributed by atoms with Gasteiger partial charge in [0.25, 0.3) is 11.6 Å². The fourth-order valence-corrected chi connectivity index (χ4v) is 2.28. The van der Waals surface area contributed by atoms with E-state index >= 15 is 0 Å². The van der Waals surface area contributed by atoms with E-state index in [0.717, 1.165) is 18.2 Å². The monoisotopic (exact) mass is 366 g/mol. The van der Waals surface area contributed by atoms with Crippen molar-refractivity contribution >= 4 is 33.2 Å². The molecule has 2 aromatic rings. The summed E-state index contributed by atoms with van der Waals surface area (Å²) in [7, 11) is 1.50. The number of nitrogens with one attached hydrogen (secondary N) is 1. The van der Waals surface area contributed by atoms with Gasteiger partial charge in [0, 0.05) is 17.7 Å². The van der Waals surface area contributed by atoms with Crippen LogP contribution in [0.1, 0.15) is 10.4 Å². The van der Waals surface area contributed by atoms with Crippen LogP contribution >= 0.6 is 15.9 Å². The van der Waals surface area contributed by atoms with Gasteiger partial charge in [-0.15, -0.1) is 0 Å². The maximum Gasteiger partial charge on any atom is 0.271 e. The van der Waals surface area contributed by atoms with E-state index in [2.05, 4.69) is 21.2 Å². The molecule has 0 unspecified atom stereocenters. The number of hydrogen-bond acceptors (Lipinski definition) is 5. The molecule has 8 heteroatoms. The summed E-state index contributed by atoms with van der Waals surface area (Å²) in [5.74, 6) is -0.208. The van der Waals surface area contributed by atoms with Crippen molar-refractivity contribution in [3.05, 3.63) is 56.5 Å². The predicted molar refractivity (Wildman–Crippen MR) is 83.4 cm³/mol. The van der Waals surface area contributed by atoms with Gasteiger partial charge in [-0.3, -0.25) is 14.9 Å². The van der Waals surface area contributed by atoms with E-state index in [9.17, 15) is 20.0 Å². The van der Waals surface area contributed by atoms with Gasteiger partial charge in [0.1, 0.15) is 11.5 Å². The van der Waals surface area contributed by atoms with Crippen LogP contribution in [-0.2, 0) is 0 Å². The quantitative estimate of drug-likeness (QED) is 0.490. The lowest BCUT2D eigenvalue weighted by atomic mass is 10.2. The summed E-state index contributed by atoms with van der Waals surface area (Å²) in [4.78, 5) is 22.3.